The van der Waals surface area contributed by atoms with Crippen LogP contribution in [0.2, 0.25) is 0 Å². The minimum absolute atomic E-state index is 0.350. The Bertz CT molecular complexity index is 1090. The van der Waals surface area contributed by atoms with Gasteiger partial charge in [0.15, 0.2) is 0 Å². The van der Waals surface area contributed by atoms with Gasteiger partial charge in [-0.2, -0.15) is 0 Å². The van der Waals surface area contributed by atoms with E-state index in [1.807, 2.05) is 42.6 Å². The molecule has 142 valence electrons. The van der Waals surface area contributed by atoms with E-state index in [2.05, 4.69) is 21.3 Å². The zero-order valence-corrected chi connectivity index (χ0v) is 15.5. The summed E-state index contributed by atoms with van der Waals surface area (Å²) in [6.07, 6.45) is 5.89. The number of hydrogen-bond acceptors (Lipinski definition) is 5. The molecule has 4 aromatic rings. The van der Waals surface area contributed by atoms with Crippen LogP contribution in [0, 0.1) is 0 Å². The van der Waals surface area contributed by atoms with Gasteiger partial charge in [0.1, 0.15) is 23.3 Å². The minimum atomic E-state index is 0.350. The number of furan rings is 1. The molecule has 1 fully saturated rings. The number of phenols is 1. The second-order valence-electron chi connectivity index (χ2n) is 7.42. The maximum absolute atomic E-state index is 9.70. The molecule has 3 heterocycles. The zero-order chi connectivity index (χ0) is 18.9. The summed E-state index contributed by atoms with van der Waals surface area (Å²) in [5.41, 5.74) is 3.96. The number of nitrogens with zero attached hydrogens (tertiary/aromatic N) is 4. The molecule has 1 aliphatic rings. The summed E-state index contributed by atoms with van der Waals surface area (Å²) in [7, 11) is 0. The van der Waals surface area contributed by atoms with Gasteiger partial charge in [0.2, 0.25) is 0 Å². The summed E-state index contributed by atoms with van der Waals surface area (Å²) >= 11 is 0. The Balaban J connectivity index is 1.25. The second kappa shape index (κ2) is 7.13. The van der Waals surface area contributed by atoms with Crippen LogP contribution < -0.4 is 0 Å². The maximum atomic E-state index is 9.70. The highest BCUT2D eigenvalue weighted by Crippen LogP contribution is 2.30. The van der Waals surface area contributed by atoms with Gasteiger partial charge in [-0.05, 0) is 61.7 Å². The molecular formula is C22H22N4O2. The fraction of sp³-hybridized carbons (Fsp3) is 0.273. The second-order valence-corrected chi connectivity index (χ2v) is 7.42. The summed E-state index contributed by atoms with van der Waals surface area (Å²) in [5, 5.41) is 19.4. The molecule has 0 radical (unpaired) electrons. The Kier molecular flexibility index (Phi) is 4.33. The van der Waals surface area contributed by atoms with E-state index in [1.165, 1.54) is 5.56 Å². The van der Waals surface area contributed by atoms with Crippen molar-refractivity contribution in [2.24, 2.45) is 0 Å². The first kappa shape index (κ1) is 17.0. The summed E-state index contributed by atoms with van der Waals surface area (Å²) in [5.74, 6) is 0.861. The molecule has 1 aliphatic heterocycles. The highest BCUT2D eigenvalue weighted by atomic mass is 16.3. The summed E-state index contributed by atoms with van der Waals surface area (Å²) in [6, 6.07) is 15.6. The first-order chi connectivity index (χ1) is 13.8. The minimum Gasteiger partial charge on any atom is -0.508 e. The Morgan fingerprint density at radius 3 is 2.79 bits per heavy atom. The Morgan fingerprint density at radius 2 is 1.93 bits per heavy atom. The lowest BCUT2D eigenvalue weighted by Gasteiger charge is -2.31. The Hall–Kier alpha value is -3.12. The fourth-order valence-corrected chi connectivity index (χ4v) is 4.06. The van der Waals surface area contributed by atoms with Gasteiger partial charge in [-0.25, -0.2) is 4.68 Å². The number of rotatable bonds is 4. The van der Waals surface area contributed by atoms with Crippen molar-refractivity contribution in [2.75, 3.05) is 13.1 Å². The summed E-state index contributed by atoms with van der Waals surface area (Å²) < 4.78 is 7.40. The van der Waals surface area contributed by atoms with Crippen LogP contribution in [0.3, 0.4) is 0 Å². The van der Waals surface area contributed by atoms with Gasteiger partial charge in [-0.1, -0.05) is 29.5 Å². The van der Waals surface area contributed by atoms with Gasteiger partial charge in [0.25, 0.3) is 0 Å². The number of fused-ring (bicyclic) bond motifs is 1. The van der Waals surface area contributed by atoms with Crippen molar-refractivity contribution in [3.63, 3.8) is 0 Å². The molecule has 28 heavy (non-hydrogen) atoms. The Morgan fingerprint density at radius 1 is 1.07 bits per heavy atom. The lowest BCUT2D eigenvalue weighted by molar-refractivity contribution is 0.202. The molecule has 6 heteroatoms. The molecular weight excluding hydrogens is 352 g/mol. The molecule has 0 atom stereocenters. The van der Waals surface area contributed by atoms with Crippen molar-refractivity contribution < 1.29 is 9.52 Å². The van der Waals surface area contributed by atoms with Crippen molar-refractivity contribution in [1.82, 2.24) is 19.9 Å². The summed E-state index contributed by atoms with van der Waals surface area (Å²) in [4.78, 5) is 2.42. The van der Waals surface area contributed by atoms with Crippen LogP contribution in [0.5, 0.6) is 5.75 Å². The van der Waals surface area contributed by atoms with Crippen LogP contribution in [-0.4, -0.2) is 38.1 Å². The maximum Gasteiger partial charge on any atom is 0.136 e. The van der Waals surface area contributed by atoms with E-state index in [4.69, 9.17) is 4.42 Å². The molecule has 0 unspecified atom stereocenters. The van der Waals surface area contributed by atoms with Gasteiger partial charge in [0, 0.05) is 11.9 Å². The van der Waals surface area contributed by atoms with Gasteiger partial charge in [-0.3, -0.25) is 4.90 Å². The van der Waals surface area contributed by atoms with Gasteiger partial charge in [-0.15, -0.1) is 5.10 Å². The van der Waals surface area contributed by atoms with Crippen LogP contribution in [-0.2, 0) is 6.54 Å². The lowest BCUT2D eigenvalue weighted by Crippen LogP contribution is -2.32. The number of aromatic nitrogens is 3. The smallest absolute Gasteiger partial charge is 0.136 e. The molecule has 0 aliphatic carbocycles. The zero-order valence-electron chi connectivity index (χ0n) is 15.5. The number of hydrogen-bond donors (Lipinski definition) is 1. The molecule has 0 saturated carbocycles. The standard InChI is InChI=1S/C22H22N4O2/c27-19-5-3-4-17(12-19)16-8-10-25(11-9-16)13-18-14-26(24-23-18)21-15-28-22-7-2-1-6-20(21)22/h1-7,12,14-16,27H,8-11,13H2. The molecule has 0 spiro atoms. The molecule has 0 amide bonds. The molecule has 0 bridgehead atoms. The van der Waals surface area contributed by atoms with Crippen molar-refractivity contribution in [1.29, 1.82) is 0 Å². The van der Waals surface area contributed by atoms with Crippen LogP contribution >= 0.6 is 0 Å². The predicted octanol–water partition coefficient (Wildman–Crippen LogP) is 4.10. The molecule has 6 nitrogen and oxygen atoms in total. The first-order valence-corrected chi connectivity index (χ1v) is 9.65. The molecule has 5 rings (SSSR count). The van der Waals surface area contributed by atoms with Gasteiger partial charge >= 0.3 is 0 Å². The highest BCUT2D eigenvalue weighted by molar-refractivity contribution is 5.85. The van der Waals surface area contributed by atoms with E-state index < -0.39 is 0 Å². The Labute approximate surface area is 163 Å². The van der Waals surface area contributed by atoms with Crippen molar-refractivity contribution >= 4 is 11.0 Å². The average Bonchev–Trinajstić information content (AvgIpc) is 3.35. The topological polar surface area (TPSA) is 67.3 Å². The van der Waals surface area contributed by atoms with Crippen molar-refractivity contribution in [3.8, 4) is 11.4 Å². The average molecular weight is 374 g/mol. The van der Waals surface area contributed by atoms with Gasteiger partial charge in [0.05, 0.1) is 11.9 Å². The van der Waals surface area contributed by atoms with E-state index in [9.17, 15) is 5.11 Å². The van der Waals surface area contributed by atoms with Gasteiger partial charge < -0.3 is 9.52 Å². The molecule has 1 N–H and O–H groups in total. The quantitative estimate of drug-likeness (QED) is 0.582. The number of likely N-dealkylation sites (tertiary alicyclic amines) is 1. The first-order valence-electron chi connectivity index (χ1n) is 9.65. The third-order valence-electron chi connectivity index (χ3n) is 5.56. The van der Waals surface area contributed by atoms with Crippen LogP contribution in [0.15, 0.2) is 65.4 Å². The molecule has 2 aromatic carbocycles. The number of benzene rings is 2. The molecule has 2 aromatic heterocycles. The van der Waals surface area contributed by atoms with E-state index in [0.29, 0.717) is 11.7 Å². The molecule has 1 saturated heterocycles. The predicted molar refractivity (Wildman–Crippen MR) is 106 cm³/mol. The van der Waals surface area contributed by atoms with Crippen molar-refractivity contribution in [2.45, 2.75) is 25.3 Å². The van der Waals surface area contributed by atoms with Crippen LogP contribution in [0.25, 0.3) is 16.7 Å². The van der Waals surface area contributed by atoms with E-state index in [1.54, 1.807) is 17.0 Å². The monoisotopic (exact) mass is 374 g/mol. The van der Waals surface area contributed by atoms with Crippen molar-refractivity contribution in [3.05, 3.63) is 72.2 Å². The summed E-state index contributed by atoms with van der Waals surface area (Å²) in [6.45, 7) is 2.83. The fourth-order valence-electron chi connectivity index (χ4n) is 4.06. The number of piperidine rings is 1. The third-order valence-corrected chi connectivity index (χ3v) is 5.56. The van der Waals surface area contributed by atoms with Crippen LogP contribution in [0.4, 0.5) is 0 Å². The number of phenolic OH excluding ortho intramolecular Hbond substituents is 1. The van der Waals surface area contributed by atoms with E-state index in [0.717, 1.165) is 54.8 Å². The largest absolute Gasteiger partial charge is 0.508 e. The van der Waals surface area contributed by atoms with Crippen LogP contribution in [0.1, 0.15) is 30.0 Å². The normalized spacial score (nSPS) is 16.0. The lowest BCUT2D eigenvalue weighted by atomic mass is 9.89. The van der Waals surface area contributed by atoms with E-state index >= 15 is 0 Å². The van der Waals surface area contributed by atoms with E-state index in [-0.39, 0.29) is 0 Å². The third kappa shape index (κ3) is 3.27. The number of aromatic hydroxyl groups is 1. The SMILES string of the molecule is Oc1cccc(C2CCN(Cc3cn(-c4coc5ccccc45)nn3)CC2)c1. The number of para-hydroxylation sites is 1. The highest BCUT2D eigenvalue weighted by Gasteiger charge is 2.22.